The monoisotopic (exact) mass is 297 g/mol. The minimum atomic E-state index is -1.15. The molecule has 0 radical (unpaired) electrons. The summed E-state index contributed by atoms with van der Waals surface area (Å²) in [5.74, 6) is -2.04. The van der Waals surface area contributed by atoms with Gasteiger partial charge in [0.1, 0.15) is 18.1 Å². The lowest BCUT2D eigenvalue weighted by molar-refractivity contribution is -0.149. The molecule has 0 aromatic rings. The van der Waals surface area contributed by atoms with Crippen molar-refractivity contribution in [2.45, 2.75) is 38.3 Å². The summed E-state index contributed by atoms with van der Waals surface area (Å²) in [6.45, 7) is 2.58. The predicted molar refractivity (Wildman–Crippen MR) is 71.2 cm³/mol. The SMILES string of the molecule is C[C@H](C(=O)O)N(C)C(=O)CN1C(=O)N[C@@](C)(C2CC2)C1=O. The molecule has 0 bridgehead atoms. The Morgan fingerprint density at radius 1 is 1.48 bits per heavy atom. The Balaban J connectivity index is 2.06. The number of rotatable bonds is 5. The molecule has 116 valence electrons. The molecule has 1 saturated carbocycles. The molecule has 2 N–H and O–H groups in total. The van der Waals surface area contributed by atoms with Gasteiger partial charge in [-0.05, 0) is 32.6 Å². The van der Waals surface area contributed by atoms with Crippen LogP contribution in [-0.2, 0) is 14.4 Å². The summed E-state index contributed by atoms with van der Waals surface area (Å²) >= 11 is 0. The first-order valence-electron chi connectivity index (χ1n) is 6.81. The second kappa shape index (κ2) is 5.01. The van der Waals surface area contributed by atoms with E-state index in [2.05, 4.69) is 5.32 Å². The number of hydrogen-bond acceptors (Lipinski definition) is 4. The van der Waals surface area contributed by atoms with Crippen LogP contribution in [0.2, 0.25) is 0 Å². The maximum atomic E-state index is 12.3. The molecule has 2 aliphatic rings. The summed E-state index contributed by atoms with van der Waals surface area (Å²) in [5.41, 5.74) is -0.936. The van der Waals surface area contributed by atoms with Gasteiger partial charge < -0.3 is 15.3 Å². The number of nitrogens with zero attached hydrogens (tertiary/aromatic N) is 2. The highest BCUT2D eigenvalue weighted by Crippen LogP contribution is 2.42. The van der Waals surface area contributed by atoms with Crippen LogP contribution in [0, 0.1) is 5.92 Å². The number of imide groups is 1. The highest BCUT2D eigenvalue weighted by molar-refractivity contribution is 6.09. The molecule has 8 heteroatoms. The van der Waals surface area contributed by atoms with Crippen molar-refractivity contribution < 1.29 is 24.3 Å². The molecule has 0 aromatic carbocycles. The Kier molecular flexibility index (Phi) is 3.65. The van der Waals surface area contributed by atoms with Gasteiger partial charge in [0.15, 0.2) is 0 Å². The molecule has 8 nitrogen and oxygen atoms in total. The molecule has 2 fully saturated rings. The van der Waals surface area contributed by atoms with Gasteiger partial charge in [-0.2, -0.15) is 0 Å². The normalized spacial score (nSPS) is 26.5. The molecule has 1 aliphatic carbocycles. The fraction of sp³-hybridized carbons (Fsp3) is 0.692. The number of carboxylic acid groups (broad SMARTS) is 1. The Bertz CT molecular complexity index is 516. The van der Waals surface area contributed by atoms with Crippen molar-refractivity contribution in [1.29, 1.82) is 0 Å². The van der Waals surface area contributed by atoms with Gasteiger partial charge in [-0.1, -0.05) is 0 Å². The zero-order chi connectivity index (χ0) is 15.9. The van der Waals surface area contributed by atoms with Gasteiger partial charge in [0.05, 0.1) is 0 Å². The van der Waals surface area contributed by atoms with Gasteiger partial charge in [0.25, 0.3) is 5.91 Å². The van der Waals surface area contributed by atoms with Crippen LogP contribution in [0.25, 0.3) is 0 Å². The zero-order valence-electron chi connectivity index (χ0n) is 12.3. The summed E-state index contributed by atoms with van der Waals surface area (Å²) in [6, 6.07) is -1.62. The van der Waals surface area contributed by atoms with Gasteiger partial charge in [-0.3, -0.25) is 14.5 Å². The number of carboxylic acids is 1. The van der Waals surface area contributed by atoms with Crippen LogP contribution in [0.15, 0.2) is 0 Å². The number of nitrogens with one attached hydrogen (secondary N) is 1. The maximum absolute atomic E-state index is 12.3. The predicted octanol–water partition coefficient (Wildman–Crippen LogP) is -0.362. The van der Waals surface area contributed by atoms with E-state index in [9.17, 15) is 19.2 Å². The van der Waals surface area contributed by atoms with Crippen molar-refractivity contribution in [1.82, 2.24) is 15.1 Å². The first-order chi connectivity index (χ1) is 9.68. The lowest BCUT2D eigenvalue weighted by atomic mass is 9.96. The molecular formula is C13H19N3O5. The number of carbonyl (C=O) groups is 4. The minimum absolute atomic E-state index is 0.115. The third kappa shape index (κ3) is 2.57. The van der Waals surface area contributed by atoms with Crippen molar-refractivity contribution in [3.05, 3.63) is 0 Å². The van der Waals surface area contributed by atoms with E-state index in [0.717, 1.165) is 22.6 Å². The summed E-state index contributed by atoms with van der Waals surface area (Å²) in [4.78, 5) is 49.0. The van der Waals surface area contributed by atoms with Gasteiger partial charge in [-0.25, -0.2) is 9.59 Å². The number of aliphatic carboxylic acids is 1. The van der Waals surface area contributed by atoms with Crippen molar-refractivity contribution in [3.8, 4) is 0 Å². The lowest BCUT2D eigenvalue weighted by Crippen LogP contribution is -2.48. The fourth-order valence-corrected chi connectivity index (χ4v) is 2.43. The van der Waals surface area contributed by atoms with Gasteiger partial charge in [0.2, 0.25) is 5.91 Å². The zero-order valence-corrected chi connectivity index (χ0v) is 12.3. The second-order valence-corrected chi connectivity index (χ2v) is 5.82. The van der Waals surface area contributed by atoms with Crippen molar-refractivity contribution in [2.75, 3.05) is 13.6 Å². The Morgan fingerprint density at radius 2 is 2.05 bits per heavy atom. The molecular weight excluding hydrogens is 278 g/mol. The quantitative estimate of drug-likeness (QED) is 0.674. The third-order valence-corrected chi connectivity index (χ3v) is 4.32. The van der Waals surface area contributed by atoms with E-state index in [1.54, 1.807) is 6.92 Å². The third-order valence-electron chi connectivity index (χ3n) is 4.32. The number of urea groups is 1. The molecule has 1 aliphatic heterocycles. The molecule has 21 heavy (non-hydrogen) atoms. The van der Waals surface area contributed by atoms with Gasteiger partial charge in [-0.15, -0.1) is 0 Å². The van der Waals surface area contributed by atoms with Crippen molar-refractivity contribution in [3.63, 3.8) is 0 Å². The molecule has 0 aromatic heterocycles. The Morgan fingerprint density at radius 3 is 2.52 bits per heavy atom. The van der Waals surface area contributed by atoms with Crippen LogP contribution in [0.4, 0.5) is 4.79 Å². The Hall–Kier alpha value is -2.12. The van der Waals surface area contributed by atoms with Crippen LogP contribution in [0.5, 0.6) is 0 Å². The number of likely N-dealkylation sites (N-methyl/N-ethyl adjacent to an activating group) is 1. The average Bonchev–Trinajstić information content (AvgIpc) is 3.23. The molecule has 0 unspecified atom stereocenters. The van der Waals surface area contributed by atoms with Gasteiger partial charge in [0, 0.05) is 7.05 Å². The molecule has 0 spiro atoms. The first kappa shape index (κ1) is 15.3. The van der Waals surface area contributed by atoms with E-state index >= 15 is 0 Å². The minimum Gasteiger partial charge on any atom is -0.480 e. The van der Waals surface area contributed by atoms with Crippen LogP contribution < -0.4 is 5.32 Å². The first-order valence-corrected chi connectivity index (χ1v) is 6.81. The lowest BCUT2D eigenvalue weighted by Gasteiger charge is -2.24. The summed E-state index contributed by atoms with van der Waals surface area (Å²) in [6.07, 6.45) is 1.75. The van der Waals surface area contributed by atoms with Crippen LogP contribution in [-0.4, -0.2) is 63.9 Å². The van der Waals surface area contributed by atoms with E-state index in [4.69, 9.17) is 5.11 Å². The summed E-state index contributed by atoms with van der Waals surface area (Å²) < 4.78 is 0. The molecule has 2 rings (SSSR count). The molecule has 4 amide bonds. The number of amides is 4. The molecule has 1 saturated heterocycles. The topological polar surface area (TPSA) is 107 Å². The Labute approximate surface area is 122 Å². The molecule has 1 heterocycles. The van der Waals surface area contributed by atoms with Crippen LogP contribution >= 0.6 is 0 Å². The van der Waals surface area contributed by atoms with Gasteiger partial charge >= 0.3 is 12.0 Å². The molecule has 2 atom stereocenters. The van der Waals surface area contributed by atoms with Crippen molar-refractivity contribution >= 4 is 23.8 Å². The highest BCUT2D eigenvalue weighted by atomic mass is 16.4. The summed E-state index contributed by atoms with van der Waals surface area (Å²) in [7, 11) is 1.33. The number of carbonyl (C=O) groups excluding carboxylic acids is 3. The highest BCUT2D eigenvalue weighted by Gasteiger charge is 2.56. The fourth-order valence-electron chi connectivity index (χ4n) is 2.43. The number of hydrogen-bond donors (Lipinski definition) is 2. The van der Waals surface area contributed by atoms with E-state index in [1.165, 1.54) is 14.0 Å². The maximum Gasteiger partial charge on any atom is 0.326 e. The standard InChI is InChI=1S/C13H19N3O5/c1-7(10(18)19)15(3)9(17)6-16-11(20)13(2,8-4-5-8)14-12(16)21/h7-8H,4-6H2,1-3H3,(H,14,21)(H,18,19)/t7-,13+/m1/s1. The largest absolute Gasteiger partial charge is 0.480 e. The van der Waals surface area contributed by atoms with E-state index < -0.39 is 41.9 Å². The van der Waals surface area contributed by atoms with E-state index in [1.807, 2.05) is 0 Å². The van der Waals surface area contributed by atoms with Crippen LogP contribution in [0.1, 0.15) is 26.7 Å². The smallest absolute Gasteiger partial charge is 0.326 e. The average molecular weight is 297 g/mol. The van der Waals surface area contributed by atoms with Crippen molar-refractivity contribution in [2.24, 2.45) is 5.92 Å². The van der Waals surface area contributed by atoms with Crippen LogP contribution in [0.3, 0.4) is 0 Å². The van der Waals surface area contributed by atoms with E-state index in [0.29, 0.717) is 0 Å². The van der Waals surface area contributed by atoms with E-state index in [-0.39, 0.29) is 5.92 Å². The second-order valence-electron chi connectivity index (χ2n) is 5.82. The summed E-state index contributed by atoms with van der Waals surface area (Å²) in [5, 5.41) is 11.5.